The highest BCUT2D eigenvalue weighted by Crippen LogP contribution is 2.34. The Hall–Kier alpha value is -1.36. The third-order valence-electron chi connectivity index (χ3n) is 2.40. The van der Waals surface area contributed by atoms with E-state index in [0.717, 1.165) is 4.47 Å². The van der Waals surface area contributed by atoms with Crippen LogP contribution < -0.4 is 4.74 Å². The summed E-state index contributed by atoms with van der Waals surface area (Å²) in [6.45, 7) is 0.365. The van der Waals surface area contributed by atoms with E-state index in [4.69, 9.17) is 19.5 Å². The number of hydrogen-bond acceptors (Lipinski definition) is 5. The first-order chi connectivity index (χ1) is 10.0. The molecule has 0 heterocycles. The molecular weight excluding hydrogens is 406 g/mol. The minimum absolute atomic E-state index is 0.0909. The Morgan fingerprint density at radius 1 is 1.33 bits per heavy atom. The van der Waals surface area contributed by atoms with Crippen molar-refractivity contribution in [1.29, 1.82) is 5.26 Å². The van der Waals surface area contributed by atoms with Crippen molar-refractivity contribution in [1.82, 2.24) is 0 Å². The number of esters is 1. The first-order valence-electron chi connectivity index (χ1n) is 5.84. The van der Waals surface area contributed by atoms with Crippen LogP contribution in [-0.4, -0.2) is 33.4 Å². The molecule has 0 spiro atoms. The Kier molecular flexibility index (Phi) is 7.43. The Bertz CT molecular complexity index is 593. The fourth-order valence-electron chi connectivity index (χ4n) is 1.49. The molecule has 1 aromatic rings. The number of nitrogens with zero attached hydrogens (tertiary/aromatic N) is 1. The number of methoxy groups -OCH3 is 2. The lowest BCUT2D eigenvalue weighted by Gasteiger charge is -2.09. The smallest absolute Gasteiger partial charge is 0.348 e. The van der Waals surface area contributed by atoms with E-state index in [-0.39, 0.29) is 18.8 Å². The highest BCUT2D eigenvalue weighted by atomic mass is 79.9. The molecule has 21 heavy (non-hydrogen) atoms. The zero-order chi connectivity index (χ0) is 15.8. The Morgan fingerprint density at radius 3 is 2.62 bits per heavy atom. The van der Waals surface area contributed by atoms with Gasteiger partial charge in [0.25, 0.3) is 0 Å². The average Bonchev–Trinajstić information content (AvgIpc) is 2.44. The lowest BCUT2D eigenvalue weighted by Crippen LogP contribution is -2.11. The second-order valence-electron chi connectivity index (χ2n) is 3.81. The van der Waals surface area contributed by atoms with Gasteiger partial charge < -0.3 is 14.2 Å². The molecule has 0 fully saturated rings. The van der Waals surface area contributed by atoms with Gasteiger partial charge in [-0.3, -0.25) is 0 Å². The van der Waals surface area contributed by atoms with Gasteiger partial charge in [0.2, 0.25) is 0 Å². The molecule has 1 rings (SSSR count). The monoisotopic (exact) mass is 417 g/mol. The van der Waals surface area contributed by atoms with Crippen molar-refractivity contribution in [3.8, 4) is 11.8 Å². The molecule has 0 aliphatic carbocycles. The molecule has 0 atom stereocenters. The quantitative estimate of drug-likeness (QED) is 0.307. The SMILES string of the molecule is COCCOC(=O)/C(C#N)=C/c1cc(Br)cc(Br)c1OC. The molecule has 0 amide bonds. The van der Waals surface area contributed by atoms with E-state index in [0.29, 0.717) is 15.8 Å². The maximum Gasteiger partial charge on any atom is 0.348 e. The van der Waals surface area contributed by atoms with Gasteiger partial charge in [0.05, 0.1) is 18.2 Å². The molecule has 1 aromatic carbocycles. The largest absolute Gasteiger partial charge is 0.495 e. The molecule has 7 heteroatoms. The van der Waals surface area contributed by atoms with Crippen molar-refractivity contribution in [2.24, 2.45) is 0 Å². The van der Waals surface area contributed by atoms with Gasteiger partial charge in [0.1, 0.15) is 24.0 Å². The first-order valence-corrected chi connectivity index (χ1v) is 7.43. The maximum absolute atomic E-state index is 11.8. The summed E-state index contributed by atoms with van der Waals surface area (Å²) in [6.07, 6.45) is 1.42. The predicted octanol–water partition coefficient (Wildman–Crippen LogP) is 3.32. The van der Waals surface area contributed by atoms with E-state index in [1.54, 1.807) is 12.1 Å². The van der Waals surface area contributed by atoms with E-state index in [1.807, 2.05) is 6.07 Å². The van der Waals surface area contributed by atoms with Crippen LogP contribution in [0.5, 0.6) is 5.75 Å². The number of carbonyl (C=O) groups excluding carboxylic acids is 1. The van der Waals surface area contributed by atoms with E-state index in [2.05, 4.69) is 31.9 Å². The van der Waals surface area contributed by atoms with Gasteiger partial charge in [0, 0.05) is 17.1 Å². The zero-order valence-electron chi connectivity index (χ0n) is 11.5. The maximum atomic E-state index is 11.8. The van der Waals surface area contributed by atoms with Gasteiger partial charge in [-0.05, 0) is 34.1 Å². The van der Waals surface area contributed by atoms with E-state index in [1.165, 1.54) is 20.3 Å². The summed E-state index contributed by atoms with van der Waals surface area (Å²) in [6, 6.07) is 5.37. The minimum atomic E-state index is -0.701. The van der Waals surface area contributed by atoms with Crippen molar-refractivity contribution in [2.75, 3.05) is 27.4 Å². The number of nitriles is 1. The number of hydrogen-bond donors (Lipinski definition) is 0. The highest BCUT2D eigenvalue weighted by molar-refractivity contribution is 9.11. The van der Waals surface area contributed by atoms with E-state index >= 15 is 0 Å². The standard InChI is InChI=1S/C14H13Br2NO4/c1-19-3-4-21-14(18)10(8-17)5-9-6-11(15)7-12(16)13(9)20-2/h5-7H,3-4H2,1-2H3/b10-5+. The molecule has 0 radical (unpaired) electrons. The van der Waals surface area contributed by atoms with Crippen LogP contribution in [-0.2, 0) is 14.3 Å². The first kappa shape index (κ1) is 17.7. The van der Waals surface area contributed by atoms with Crippen LogP contribution in [0, 0.1) is 11.3 Å². The van der Waals surface area contributed by atoms with Gasteiger partial charge in [-0.2, -0.15) is 5.26 Å². The summed E-state index contributed by atoms with van der Waals surface area (Å²) in [4.78, 5) is 11.8. The molecule has 5 nitrogen and oxygen atoms in total. The van der Waals surface area contributed by atoms with Crippen LogP contribution in [0.15, 0.2) is 26.7 Å². The summed E-state index contributed by atoms with van der Waals surface area (Å²) in [5.41, 5.74) is 0.466. The van der Waals surface area contributed by atoms with Crippen LogP contribution >= 0.6 is 31.9 Å². The fourth-order valence-corrected chi connectivity index (χ4v) is 2.91. The lowest BCUT2D eigenvalue weighted by molar-refractivity contribution is -0.139. The number of halogens is 2. The van der Waals surface area contributed by atoms with Crippen LogP contribution in [0.25, 0.3) is 6.08 Å². The number of rotatable bonds is 6. The Morgan fingerprint density at radius 2 is 2.05 bits per heavy atom. The Labute approximate surface area is 139 Å². The topological polar surface area (TPSA) is 68.5 Å². The summed E-state index contributed by atoms with van der Waals surface area (Å²) in [5, 5.41) is 9.10. The number of benzene rings is 1. The molecule has 0 saturated carbocycles. The molecule has 0 saturated heterocycles. The minimum Gasteiger partial charge on any atom is -0.495 e. The predicted molar refractivity (Wildman–Crippen MR) is 84.8 cm³/mol. The van der Waals surface area contributed by atoms with Crippen LogP contribution in [0.2, 0.25) is 0 Å². The zero-order valence-corrected chi connectivity index (χ0v) is 14.7. The molecule has 0 unspecified atom stereocenters. The van der Waals surface area contributed by atoms with Crippen molar-refractivity contribution in [3.63, 3.8) is 0 Å². The lowest BCUT2D eigenvalue weighted by atomic mass is 10.1. The van der Waals surface area contributed by atoms with Crippen LogP contribution in [0.3, 0.4) is 0 Å². The van der Waals surface area contributed by atoms with Crippen molar-refractivity contribution < 1.29 is 19.0 Å². The van der Waals surface area contributed by atoms with Gasteiger partial charge in [-0.25, -0.2) is 4.79 Å². The van der Waals surface area contributed by atoms with Crippen LogP contribution in [0.1, 0.15) is 5.56 Å². The summed E-state index contributed by atoms with van der Waals surface area (Å²) < 4.78 is 16.5. The highest BCUT2D eigenvalue weighted by Gasteiger charge is 2.14. The molecular formula is C14H13Br2NO4. The van der Waals surface area contributed by atoms with E-state index in [9.17, 15) is 4.79 Å². The van der Waals surface area contributed by atoms with Gasteiger partial charge in [0.15, 0.2) is 0 Å². The molecule has 0 aliphatic heterocycles. The second-order valence-corrected chi connectivity index (χ2v) is 5.58. The van der Waals surface area contributed by atoms with Crippen molar-refractivity contribution >= 4 is 43.9 Å². The molecule has 0 N–H and O–H groups in total. The van der Waals surface area contributed by atoms with Gasteiger partial charge in [-0.1, -0.05) is 15.9 Å². The van der Waals surface area contributed by atoms with Gasteiger partial charge in [-0.15, -0.1) is 0 Å². The summed E-state index contributed by atoms with van der Waals surface area (Å²) >= 11 is 6.70. The number of carbonyl (C=O) groups is 1. The molecule has 0 aromatic heterocycles. The average molecular weight is 419 g/mol. The third kappa shape index (κ3) is 5.16. The Balaban J connectivity index is 3.09. The fraction of sp³-hybridized carbons (Fsp3) is 0.286. The van der Waals surface area contributed by atoms with Crippen LogP contribution in [0.4, 0.5) is 0 Å². The van der Waals surface area contributed by atoms with Crippen molar-refractivity contribution in [3.05, 3.63) is 32.2 Å². The molecule has 0 aliphatic rings. The second kappa shape index (κ2) is 8.82. The van der Waals surface area contributed by atoms with Crippen molar-refractivity contribution in [2.45, 2.75) is 0 Å². The normalized spacial score (nSPS) is 10.9. The van der Waals surface area contributed by atoms with E-state index < -0.39 is 5.97 Å². The number of ether oxygens (including phenoxy) is 3. The van der Waals surface area contributed by atoms with Gasteiger partial charge >= 0.3 is 5.97 Å². The summed E-state index contributed by atoms with van der Waals surface area (Å²) in [5.74, 6) is -0.177. The molecule has 112 valence electrons. The summed E-state index contributed by atoms with van der Waals surface area (Å²) in [7, 11) is 3.01. The molecule has 0 bridgehead atoms. The third-order valence-corrected chi connectivity index (χ3v) is 3.45.